The second kappa shape index (κ2) is 6.21. The normalized spacial score (nSPS) is 14.8. The summed E-state index contributed by atoms with van der Waals surface area (Å²) in [6.45, 7) is 13.3. The molecular weight excluding hydrogens is 283 g/mol. The summed E-state index contributed by atoms with van der Waals surface area (Å²) in [7, 11) is -3.96. The van der Waals surface area contributed by atoms with Gasteiger partial charge < -0.3 is 4.55 Å². The third kappa shape index (κ3) is 10.9. The van der Waals surface area contributed by atoms with Crippen LogP contribution in [0.1, 0.15) is 41.5 Å². The molecule has 0 aliphatic heterocycles. The van der Waals surface area contributed by atoms with Gasteiger partial charge in [-0.2, -0.15) is 13.2 Å². The molecule has 0 bridgehead atoms. The van der Waals surface area contributed by atoms with E-state index in [1.54, 1.807) is 0 Å². The van der Waals surface area contributed by atoms with Crippen molar-refractivity contribution in [3.8, 4) is 0 Å². The zero-order valence-corrected chi connectivity index (χ0v) is 13.1. The molecule has 19 heavy (non-hydrogen) atoms. The minimum absolute atomic E-state index is 0.243. The van der Waals surface area contributed by atoms with Gasteiger partial charge in [0.05, 0.1) is 0 Å². The first-order valence-corrected chi connectivity index (χ1v) is 6.90. The SMILES string of the molecule is C[N+](=CC(C)(C)C)C(C)(C)C.O=S(=O)([O-])C(F)(F)F. The lowest BCUT2D eigenvalue weighted by molar-refractivity contribution is -0.569. The first-order valence-electron chi connectivity index (χ1n) is 5.49. The standard InChI is InChI=1S/C10H22N.CHF3O3S/c1-9(2,3)8-11(7)10(4,5)6;2-1(3,4)8(5,6)7/h8H,1-7H3;(H,5,6,7)/q+1;/p-1. The van der Waals surface area contributed by atoms with Gasteiger partial charge in [-0.05, 0) is 20.8 Å². The van der Waals surface area contributed by atoms with Crippen molar-refractivity contribution in [1.29, 1.82) is 0 Å². The van der Waals surface area contributed by atoms with E-state index in [2.05, 4.69) is 59.4 Å². The fraction of sp³-hybridized carbons (Fsp3) is 0.909. The Morgan fingerprint density at radius 2 is 1.26 bits per heavy atom. The van der Waals surface area contributed by atoms with Crippen LogP contribution in [0.2, 0.25) is 0 Å². The highest BCUT2D eigenvalue weighted by molar-refractivity contribution is 7.86. The van der Waals surface area contributed by atoms with E-state index in [1.165, 1.54) is 0 Å². The van der Waals surface area contributed by atoms with Crippen molar-refractivity contribution < 1.29 is 30.7 Å². The molecule has 0 atom stereocenters. The molecule has 0 N–H and O–H groups in total. The van der Waals surface area contributed by atoms with Crippen LogP contribution in [-0.2, 0) is 10.1 Å². The molecule has 0 spiro atoms. The van der Waals surface area contributed by atoms with Crippen molar-refractivity contribution in [3.05, 3.63) is 0 Å². The van der Waals surface area contributed by atoms with E-state index < -0.39 is 15.6 Å². The molecule has 0 fully saturated rings. The molecule has 0 unspecified atom stereocenters. The van der Waals surface area contributed by atoms with Crippen LogP contribution in [0, 0.1) is 5.41 Å². The maximum Gasteiger partial charge on any atom is 0.485 e. The molecule has 0 radical (unpaired) electrons. The Kier molecular flexibility index (Phi) is 6.76. The second-order valence-electron chi connectivity index (χ2n) is 6.18. The predicted molar refractivity (Wildman–Crippen MR) is 67.2 cm³/mol. The van der Waals surface area contributed by atoms with Crippen LogP contribution in [0.15, 0.2) is 0 Å². The van der Waals surface area contributed by atoms with Crippen LogP contribution in [0.4, 0.5) is 13.2 Å². The van der Waals surface area contributed by atoms with Gasteiger partial charge in [0.25, 0.3) is 0 Å². The molecule has 0 saturated heterocycles. The van der Waals surface area contributed by atoms with Crippen LogP contribution in [-0.4, -0.2) is 41.9 Å². The Hall–Kier alpha value is -0.630. The number of halogens is 3. The Morgan fingerprint density at radius 1 is 1.00 bits per heavy atom. The Balaban J connectivity index is 0. The highest BCUT2D eigenvalue weighted by Gasteiger charge is 2.36. The van der Waals surface area contributed by atoms with Gasteiger partial charge in [0.2, 0.25) is 0 Å². The van der Waals surface area contributed by atoms with E-state index in [4.69, 9.17) is 13.0 Å². The van der Waals surface area contributed by atoms with Crippen molar-refractivity contribution >= 4 is 16.3 Å². The third-order valence-electron chi connectivity index (χ3n) is 1.92. The molecule has 116 valence electrons. The van der Waals surface area contributed by atoms with Gasteiger partial charge >= 0.3 is 5.51 Å². The molecule has 0 rings (SSSR count). The zero-order chi connectivity index (χ0) is 16.3. The van der Waals surface area contributed by atoms with Gasteiger partial charge in [-0.25, -0.2) is 13.0 Å². The number of hydrogen-bond acceptors (Lipinski definition) is 3. The van der Waals surface area contributed by atoms with Crippen molar-refractivity contribution in [2.24, 2.45) is 5.41 Å². The molecule has 0 saturated carbocycles. The lowest BCUT2D eigenvalue weighted by atomic mass is 9.97. The summed E-state index contributed by atoms with van der Waals surface area (Å²) in [6, 6.07) is 0. The van der Waals surface area contributed by atoms with Crippen molar-refractivity contribution in [1.82, 2.24) is 0 Å². The van der Waals surface area contributed by atoms with Gasteiger partial charge in [-0.3, -0.25) is 0 Å². The van der Waals surface area contributed by atoms with E-state index >= 15 is 0 Å². The molecule has 0 aromatic heterocycles. The smallest absolute Gasteiger partial charge is 0.485 e. The fourth-order valence-corrected chi connectivity index (χ4v) is 0.775. The minimum Gasteiger partial charge on any atom is -0.741 e. The summed E-state index contributed by atoms with van der Waals surface area (Å²) in [5.41, 5.74) is -5.12. The molecule has 8 heteroatoms. The largest absolute Gasteiger partial charge is 0.741 e. The van der Waals surface area contributed by atoms with Crippen molar-refractivity contribution in [2.75, 3.05) is 7.05 Å². The Morgan fingerprint density at radius 3 is 1.32 bits per heavy atom. The molecular formula is C11H22F3NO3S. The highest BCUT2D eigenvalue weighted by Crippen LogP contribution is 2.20. The molecule has 0 aliphatic carbocycles. The quantitative estimate of drug-likeness (QED) is 0.299. The zero-order valence-electron chi connectivity index (χ0n) is 12.3. The average molecular weight is 305 g/mol. The molecule has 0 aromatic rings. The van der Waals surface area contributed by atoms with E-state index in [-0.39, 0.29) is 11.0 Å². The number of nitrogens with zero attached hydrogens (tertiary/aromatic N) is 1. The number of rotatable bonds is 0. The van der Waals surface area contributed by atoms with E-state index in [0.717, 1.165) is 0 Å². The van der Waals surface area contributed by atoms with Crippen molar-refractivity contribution in [2.45, 2.75) is 52.6 Å². The third-order valence-corrected chi connectivity index (χ3v) is 2.49. The molecule has 0 aromatic carbocycles. The Bertz CT molecular complexity index is 412. The molecule has 0 amide bonds. The average Bonchev–Trinajstić information content (AvgIpc) is 1.95. The summed E-state index contributed by atoms with van der Waals surface area (Å²) in [4.78, 5) is 0. The lowest BCUT2D eigenvalue weighted by Crippen LogP contribution is -2.33. The van der Waals surface area contributed by atoms with Gasteiger partial charge in [-0.1, -0.05) is 20.8 Å². The van der Waals surface area contributed by atoms with Crippen molar-refractivity contribution in [3.63, 3.8) is 0 Å². The van der Waals surface area contributed by atoms with Crippen LogP contribution in [0.3, 0.4) is 0 Å². The minimum atomic E-state index is -6.09. The summed E-state index contributed by atoms with van der Waals surface area (Å²) in [6.07, 6.45) is 2.27. The highest BCUT2D eigenvalue weighted by atomic mass is 32.2. The van der Waals surface area contributed by atoms with E-state index in [1.807, 2.05) is 0 Å². The lowest BCUT2D eigenvalue weighted by Gasteiger charge is -2.18. The topological polar surface area (TPSA) is 60.2 Å². The van der Waals surface area contributed by atoms with E-state index in [9.17, 15) is 13.2 Å². The number of hydrogen-bond donors (Lipinski definition) is 0. The maximum atomic E-state index is 10.7. The van der Waals surface area contributed by atoms with Crippen LogP contribution in [0.5, 0.6) is 0 Å². The fourth-order valence-electron chi connectivity index (χ4n) is 0.775. The van der Waals surface area contributed by atoms with Crippen LogP contribution in [0.25, 0.3) is 0 Å². The summed E-state index contributed by atoms with van der Waals surface area (Å²) >= 11 is 0. The number of alkyl halides is 3. The molecule has 0 aliphatic rings. The molecule has 4 nitrogen and oxygen atoms in total. The van der Waals surface area contributed by atoms with Gasteiger partial charge in [0.15, 0.2) is 15.7 Å². The Labute approximate surface area is 113 Å². The summed E-state index contributed by atoms with van der Waals surface area (Å²) in [5.74, 6) is 0. The monoisotopic (exact) mass is 305 g/mol. The summed E-state index contributed by atoms with van der Waals surface area (Å²) < 4.78 is 61.2. The van der Waals surface area contributed by atoms with Gasteiger partial charge in [0, 0.05) is 5.41 Å². The summed E-state index contributed by atoms with van der Waals surface area (Å²) in [5, 5.41) is 0. The maximum absolute atomic E-state index is 10.7. The van der Waals surface area contributed by atoms with Gasteiger partial charge in [-0.15, -0.1) is 0 Å². The van der Waals surface area contributed by atoms with Crippen LogP contribution >= 0.6 is 0 Å². The van der Waals surface area contributed by atoms with Crippen LogP contribution < -0.4 is 0 Å². The first kappa shape index (κ1) is 20.7. The predicted octanol–water partition coefficient (Wildman–Crippen LogP) is 2.60. The van der Waals surface area contributed by atoms with E-state index in [0.29, 0.717) is 0 Å². The van der Waals surface area contributed by atoms with Gasteiger partial charge in [0.1, 0.15) is 13.3 Å². The second-order valence-corrected chi connectivity index (χ2v) is 7.55. The molecule has 0 heterocycles. The first-order chi connectivity index (χ1) is 7.88.